The third-order valence-corrected chi connectivity index (χ3v) is 5.39. The summed E-state index contributed by atoms with van der Waals surface area (Å²) in [6, 6.07) is 4.08. The first-order valence-electron chi connectivity index (χ1n) is 8.11. The fourth-order valence-corrected chi connectivity index (χ4v) is 4.26. The lowest BCUT2D eigenvalue weighted by Crippen LogP contribution is -2.32. The van der Waals surface area contributed by atoms with E-state index in [1.165, 1.54) is 44.9 Å². The molecule has 2 fully saturated rings. The molecular weight excluding hydrogens is 250 g/mol. The van der Waals surface area contributed by atoms with Gasteiger partial charge in [-0.25, -0.2) is 0 Å². The number of hydrogen-bond acceptors (Lipinski definition) is 3. The number of furan rings is 1. The molecule has 2 N–H and O–H groups in total. The monoisotopic (exact) mass is 277 g/mol. The van der Waals surface area contributed by atoms with Gasteiger partial charge in [-0.2, -0.15) is 0 Å². The summed E-state index contributed by atoms with van der Waals surface area (Å²) in [5.41, 5.74) is 6.47. The highest BCUT2D eigenvalue weighted by Gasteiger charge is 2.35. The van der Waals surface area contributed by atoms with Gasteiger partial charge in [0.25, 0.3) is 0 Å². The van der Waals surface area contributed by atoms with Crippen LogP contribution in [0.4, 0.5) is 0 Å². The lowest BCUT2D eigenvalue weighted by molar-refractivity contribution is 0.111. The molecule has 0 amide bonds. The van der Waals surface area contributed by atoms with Crippen molar-refractivity contribution in [3.63, 3.8) is 0 Å². The molecule has 3 heteroatoms. The maximum atomic E-state index is 6.47. The van der Waals surface area contributed by atoms with E-state index in [0.717, 1.165) is 23.4 Å². The van der Waals surface area contributed by atoms with Crippen molar-refractivity contribution in [2.45, 2.75) is 57.6 Å². The van der Waals surface area contributed by atoms with E-state index in [2.05, 4.69) is 0 Å². The summed E-state index contributed by atoms with van der Waals surface area (Å²) >= 11 is 0. The maximum absolute atomic E-state index is 6.47. The van der Waals surface area contributed by atoms with Gasteiger partial charge in [0, 0.05) is 7.11 Å². The van der Waals surface area contributed by atoms with E-state index in [1.807, 2.05) is 12.1 Å². The second-order valence-electron chi connectivity index (χ2n) is 6.64. The fraction of sp³-hybridized carbons (Fsp3) is 0.765. The van der Waals surface area contributed by atoms with Crippen LogP contribution in [-0.4, -0.2) is 7.11 Å². The van der Waals surface area contributed by atoms with Gasteiger partial charge in [0.2, 0.25) is 0 Å². The largest absolute Gasteiger partial charge is 0.462 e. The Bertz CT molecular complexity index is 428. The molecule has 2 aliphatic rings. The van der Waals surface area contributed by atoms with Gasteiger partial charge in [-0.1, -0.05) is 25.7 Å². The topological polar surface area (TPSA) is 48.4 Å². The lowest BCUT2D eigenvalue weighted by Gasteiger charge is -2.40. The average molecular weight is 277 g/mol. The van der Waals surface area contributed by atoms with E-state index in [0.29, 0.717) is 12.5 Å². The molecule has 0 aromatic carbocycles. The van der Waals surface area contributed by atoms with Crippen LogP contribution in [0.3, 0.4) is 0 Å². The number of nitrogens with two attached hydrogens (primary N) is 1. The number of hydrogen-bond donors (Lipinski definition) is 1. The molecule has 2 aliphatic carbocycles. The van der Waals surface area contributed by atoms with Crippen LogP contribution in [0.1, 0.15) is 62.5 Å². The van der Waals surface area contributed by atoms with Crippen molar-refractivity contribution in [1.82, 2.24) is 0 Å². The molecule has 0 radical (unpaired) electrons. The SMILES string of the molecule is COCc1ccc(C(N)C2CCC3CCCCC3C2)o1. The van der Waals surface area contributed by atoms with Crippen molar-refractivity contribution in [2.75, 3.05) is 7.11 Å². The smallest absolute Gasteiger partial charge is 0.129 e. The van der Waals surface area contributed by atoms with Gasteiger partial charge >= 0.3 is 0 Å². The first-order chi connectivity index (χ1) is 9.78. The van der Waals surface area contributed by atoms with Gasteiger partial charge in [-0.3, -0.25) is 0 Å². The third-order valence-electron chi connectivity index (χ3n) is 5.39. The number of fused-ring (bicyclic) bond motifs is 1. The number of rotatable bonds is 4. The van der Waals surface area contributed by atoms with E-state index in [4.69, 9.17) is 14.9 Å². The van der Waals surface area contributed by atoms with Crippen LogP contribution in [0, 0.1) is 17.8 Å². The molecule has 112 valence electrons. The normalized spacial score (nSPS) is 31.8. The molecule has 1 aromatic rings. The van der Waals surface area contributed by atoms with Crippen molar-refractivity contribution in [2.24, 2.45) is 23.5 Å². The summed E-state index contributed by atoms with van der Waals surface area (Å²) in [5, 5.41) is 0. The minimum Gasteiger partial charge on any atom is -0.462 e. The Hall–Kier alpha value is -0.800. The molecule has 0 bridgehead atoms. The highest BCUT2D eigenvalue weighted by molar-refractivity contribution is 5.11. The first kappa shape index (κ1) is 14.2. The van der Waals surface area contributed by atoms with Crippen molar-refractivity contribution in [1.29, 1.82) is 0 Å². The van der Waals surface area contributed by atoms with Gasteiger partial charge in [0.05, 0.1) is 6.04 Å². The predicted octanol–water partition coefficient (Wildman–Crippen LogP) is 4.03. The zero-order chi connectivity index (χ0) is 13.9. The second-order valence-corrected chi connectivity index (χ2v) is 6.64. The molecule has 2 saturated carbocycles. The lowest BCUT2D eigenvalue weighted by atomic mass is 9.66. The van der Waals surface area contributed by atoms with Crippen LogP contribution in [0.15, 0.2) is 16.5 Å². The molecule has 4 unspecified atom stereocenters. The summed E-state index contributed by atoms with van der Waals surface area (Å²) in [5.74, 6) is 4.31. The predicted molar refractivity (Wildman–Crippen MR) is 79.1 cm³/mol. The molecule has 1 heterocycles. The number of ether oxygens (including phenoxy) is 1. The maximum Gasteiger partial charge on any atom is 0.129 e. The summed E-state index contributed by atoms with van der Waals surface area (Å²) in [6.45, 7) is 0.530. The minimum absolute atomic E-state index is 0.0588. The van der Waals surface area contributed by atoms with E-state index < -0.39 is 0 Å². The van der Waals surface area contributed by atoms with E-state index in [9.17, 15) is 0 Å². The van der Waals surface area contributed by atoms with Gasteiger partial charge in [0.15, 0.2) is 0 Å². The zero-order valence-corrected chi connectivity index (χ0v) is 12.5. The Balaban J connectivity index is 1.62. The van der Waals surface area contributed by atoms with Crippen molar-refractivity contribution < 1.29 is 9.15 Å². The summed E-state index contributed by atoms with van der Waals surface area (Å²) in [7, 11) is 1.69. The molecule has 4 atom stereocenters. The quantitative estimate of drug-likeness (QED) is 0.903. The Kier molecular flexibility index (Phi) is 4.47. The highest BCUT2D eigenvalue weighted by Crippen LogP contribution is 2.45. The molecule has 0 saturated heterocycles. The Labute approximate surface area is 121 Å². The standard InChI is InChI=1S/C17H27NO2/c1-19-11-15-8-9-16(20-15)17(18)14-7-6-12-4-2-3-5-13(12)10-14/h8-9,12-14,17H,2-7,10-11,18H2,1H3. The van der Waals surface area contributed by atoms with Crippen LogP contribution in [0.2, 0.25) is 0 Å². The van der Waals surface area contributed by atoms with Crippen LogP contribution in [0.5, 0.6) is 0 Å². The van der Waals surface area contributed by atoms with Crippen LogP contribution < -0.4 is 5.73 Å². The van der Waals surface area contributed by atoms with Gasteiger partial charge in [-0.05, 0) is 49.1 Å². The number of methoxy groups -OCH3 is 1. The van der Waals surface area contributed by atoms with Crippen LogP contribution in [-0.2, 0) is 11.3 Å². The van der Waals surface area contributed by atoms with E-state index in [1.54, 1.807) is 7.11 Å². The molecule has 1 aromatic heterocycles. The Morgan fingerprint density at radius 3 is 2.80 bits per heavy atom. The zero-order valence-electron chi connectivity index (χ0n) is 12.5. The van der Waals surface area contributed by atoms with E-state index in [-0.39, 0.29) is 6.04 Å². The van der Waals surface area contributed by atoms with Crippen LogP contribution in [0.25, 0.3) is 0 Å². The molecule has 3 nitrogen and oxygen atoms in total. The molecule has 0 aliphatic heterocycles. The average Bonchev–Trinajstić information content (AvgIpc) is 2.95. The Morgan fingerprint density at radius 1 is 1.20 bits per heavy atom. The highest BCUT2D eigenvalue weighted by atomic mass is 16.5. The molecule has 3 rings (SSSR count). The summed E-state index contributed by atoms with van der Waals surface area (Å²) in [6.07, 6.45) is 9.66. The Morgan fingerprint density at radius 2 is 2.00 bits per heavy atom. The first-order valence-corrected chi connectivity index (χ1v) is 8.11. The molecular formula is C17H27NO2. The fourth-order valence-electron chi connectivity index (χ4n) is 4.26. The molecule has 20 heavy (non-hydrogen) atoms. The van der Waals surface area contributed by atoms with Crippen molar-refractivity contribution in [3.05, 3.63) is 23.7 Å². The second kappa shape index (κ2) is 6.31. The van der Waals surface area contributed by atoms with Crippen molar-refractivity contribution >= 4 is 0 Å². The third kappa shape index (κ3) is 2.94. The van der Waals surface area contributed by atoms with Gasteiger partial charge < -0.3 is 14.9 Å². The van der Waals surface area contributed by atoms with Crippen LogP contribution >= 0.6 is 0 Å². The van der Waals surface area contributed by atoms with Gasteiger partial charge in [0.1, 0.15) is 18.1 Å². The minimum atomic E-state index is 0.0588. The molecule has 0 spiro atoms. The summed E-state index contributed by atoms with van der Waals surface area (Å²) in [4.78, 5) is 0. The van der Waals surface area contributed by atoms with E-state index >= 15 is 0 Å². The summed E-state index contributed by atoms with van der Waals surface area (Å²) < 4.78 is 10.9. The van der Waals surface area contributed by atoms with Crippen molar-refractivity contribution in [3.8, 4) is 0 Å². The van der Waals surface area contributed by atoms with Gasteiger partial charge in [-0.15, -0.1) is 0 Å².